The molecule has 0 spiro atoms. The molecule has 0 aliphatic heterocycles. The van der Waals surface area contributed by atoms with Gasteiger partial charge in [-0.2, -0.15) is 15.5 Å². The van der Waals surface area contributed by atoms with Crippen LogP contribution in [-0.2, 0) is 6.54 Å². The molecule has 2 aromatic heterocycles. The number of nitriles is 1. The highest BCUT2D eigenvalue weighted by molar-refractivity contribution is 5.55. The van der Waals surface area contributed by atoms with Crippen molar-refractivity contribution in [3.63, 3.8) is 0 Å². The molecule has 0 radical (unpaired) electrons. The van der Waals surface area contributed by atoms with Gasteiger partial charge in [-0.15, -0.1) is 0 Å². The summed E-state index contributed by atoms with van der Waals surface area (Å²) in [5, 5.41) is 20.4. The molecule has 0 fully saturated rings. The van der Waals surface area contributed by atoms with Gasteiger partial charge in [0.25, 0.3) is 0 Å². The first kappa shape index (κ1) is 13.0. The average Bonchev–Trinajstić information content (AvgIpc) is 2.38. The molecule has 0 amide bonds. The Morgan fingerprint density at radius 1 is 1.35 bits per heavy atom. The molecular weight excluding hydrogens is 238 g/mol. The molecule has 0 saturated carbocycles. The molecule has 0 atom stereocenters. The molecule has 6 heteroatoms. The van der Waals surface area contributed by atoms with Crippen LogP contribution in [0, 0.1) is 11.3 Å². The Bertz CT molecular complexity index is 492. The maximum atomic E-state index is 8.45. The third kappa shape index (κ3) is 3.47. The number of hydrogen-bond acceptors (Lipinski definition) is 4. The lowest BCUT2D eigenvalue weighted by Gasteiger charge is -1.96. The molecule has 0 bridgehead atoms. The number of hydrogen-bond donors (Lipinski definition) is 0. The van der Waals surface area contributed by atoms with Crippen LogP contribution in [0.3, 0.4) is 0 Å². The summed E-state index contributed by atoms with van der Waals surface area (Å²) in [7, 11) is 0. The van der Waals surface area contributed by atoms with Crippen LogP contribution in [0.5, 0.6) is 0 Å². The smallest absolute Gasteiger partial charge is 0.197 e. The molecule has 0 aliphatic carbocycles. The van der Waals surface area contributed by atoms with Crippen LogP contribution >= 0.6 is 0 Å². The third-order valence-corrected chi connectivity index (χ3v) is 2.09. The zero-order valence-corrected chi connectivity index (χ0v) is 9.75. The fourth-order valence-electron chi connectivity index (χ4n) is 1.29. The monoisotopic (exact) mass is 247 g/mol. The highest BCUT2D eigenvalue weighted by Crippen LogP contribution is 2.11. The fraction of sp³-hybridized carbons (Fsp3) is 0.182. The first-order chi connectivity index (χ1) is 7.90. The lowest BCUT2D eigenvalue weighted by molar-refractivity contribution is -0.752. The summed E-state index contributed by atoms with van der Waals surface area (Å²) in [6.07, 6.45) is 5.65. The van der Waals surface area contributed by atoms with E-state index < -0.39 is 0 Å². The Balaban J connectivity index is 0.00000144. The summed E-state index contributed by atoms with van der Waals surface area (Å²) in [5.41, 5.74) is 1.71. The van der Waals surface area contributed by atoms with Gasteiger partial charge in [0.05, 0.1) is 18.2 Å². The Morgan fingerprint density at radius 3 is 2.82 bits per heavy atom. The zero-order valence-electron chi connectivity index (χ0n) is 8.99. The Hall–Kier alpha value is -2.06. The molecule has 0 N–H and O–H groups in total. The molecule has 17 heavy (non-hydrogen) atoms. The summed E-state index contributed by atoms with van der Waals surface area (Å²) in [6.45, 7) is 0.608. The van der Waals surface area contributed by atoms with E-state index in [1.807, 2.05) is 24.4 Å². The number of aromatic nitrogens is 4. The second kappa shape index (κ2) is 6.51. The van der Waals surface area contributed by atoms with Gasteiger partial charge in [0.15, 0.2) is 12.7 Å². The molecule has 5 nitrogen and oxygen atoms in total. The Labute approximate surface area is 105 Å². The van der Waals surface area contributed by atoms with E-state index in [4.69, 9.17) is 5.26 Å². The van der Waals surface area contributed by atoms with Crippen molar-refractivity contribution in [2.45, 2.75) is 13.0 Å². The number of rotatable bonds is 3. The average molecular weight is 248 g/mol. The number of nitrogens with zero attached hydrogens (tertiary/aromatic N) is 5. The maximum absolute atomic E-state index is 8.45. The van der Waals surface area contributed by atoms with Gasteiger partial charge in [0.1, 0.15) is 6.20 Å². The second-order valence-corrected chi connectivity index (χ2v) is 3.20. The predicted molar refractivity (Wildman–Crippen MR) is 55.7 cm³/mol. The van der Waals surface area contributed by atoms with Crippen molar-refractivity contribution in [1.29, 1.82) is 5.26 Å². The normalized spacial score (nSPS) is 9.12. The van der Waals surface area contributed by atoms with Gasteiger partial charge in [-0.3, -0.25) is 0 Å². The van der Waals surface area contributed by atoms with Crippen LogP contribution in [0.15, 0.2) is 36.8 Å². The SMILES string of the molecule is N#CCC[n+]1ccc(-c2cccnn2)cn1.[Cl-]. The molecule has 2 rings (SSSR count). The summed E-state index contributed by atoms with van der Waals surface area (Å²) < 4.78 is 1.73. The van der Waals surface area contributed by atoms with E-state index in [-0.39, 0.29) is 12.4 Å². The summed E-state index contributed by atoms with van der Waals surface area (Å²) >= 11 is 0. The second-order valence-electron chi connectivity index (χ2n) is 3.20. The lowest BCUT2D eigenvalue weighted by atomic mass is 10.2. The van der Waals surface area contributed by atoms with E-state index in [9.17, 15) is 0 Å². The quantitative estimate of drug-likeness (QED) is 0.575. The molecule has 0 unspecified atom stereocenters. The van der Waals surface area contributed by atoms with Crippen LogP contribution in [0.1, 0.15) is 6.42 Å². The van der Waals surface area contributed by atoms with Gasteiger partial charge in [0, 0.05) is 17.8 Å². The number of aryl methyl sites for hydroxylation is 1. The van der Waals surface area contributed by atoms with Crippen LogP contribution in [0.4, 0.5) is 0 Å². The highest BCUT2D eigenvalue weighted by atomic mass is 35.5. The minimum atomic E-state index is 0. The molecule has 2 heterocycles. The first-order valence-electron chi connectivity index (χ1n) is 4.91. The van der Waals surface area contributed by atoms with Crippen molar-refractivity contribution >= 4 is 0 Å². The van der Waals surface area contributed by atoms with Crippen molar-refractivity contribution in [2.75, 3.05) is 0 Å². The van der Waals surface area contributed by atoms with Gasteiger partial charge in [-0.05, 0) is 17.2 Å². The lowest BCUT2D eigenvalue weighted by Crippen LogP contribution is -3.00. The number of halogens is 1. The van der Waals surface area contributed by atoms with E-state index in [0.29, 0.717) is 13.0 Å². The van der Waals surface area contributed by atoms with Crippen LogP contribution in [-0.4, -0.2) is 15.3 Å². The van der Waals surface area contributed by atoms with Gasteiger partial charge >= 0.3 is 0 Å². The van der Waals surface area contributed by atoms with Crippen molar-refractivity contribution in [3.8, 4) is 17.3 Å². The van der Waals surface area contributed by atoms with Crippen LogP contribution in [0.2, 0.25) is 0 Å². The zero-order chi connectivity index (χ0) is 11.2. The van der Waals surface area contributed by atoms with Crippen molar-refractivity contribution in [1.82, 2.24) is 15.3 Å². The van der Waals surface area contributed by atoms with Crippen molar-refractivity contribution < 1.29 is 17.1 Å². The summed E-state index contributed by atoms with van der Waals surface area (Å²) in [6, 6.07) is 7.70. The minimum absolute atomic E-state index is 0. The first-order valence-corrected chi connectivity index (χ1v) is 4.91. The largest absolute Gasteiger partial charge is 1.00 e. The molecule has 0 aliphatic rings. The molecule has 0 saturated heterocycles. The Morgan fingerprint density at radius 2 is 2.24 bits per heavy atom. The standard InChI is InChI=1S/C11H10N5.ClH/c12-5-2-7-16-8-4-10(9-14-16)11-3-1-6-13-15-11;/h1,3-4,6,8-9H,2,7H2;1H/q+1;/p-1. The predicted octanol–water partition coefficient (Wildman–Crippen LogP) is -2.26. The van der Waals surface area contributed by atoms with Gasteiger partial charge in [-0.1, -0.05) is 4.68 Å². The topological polar surface area (TPSA) is 66.3 Å². The third-order valence-electron chi connectivity index (χ3n) is 2.09. The van der Waals surface area contributed by atoms with E-state index >= 15 is 0 Å². The summed E-state index contributed by atoms with van der Waals surface area (Å²) in [4.78, 5) is 0. The Kier molecular flexibility index (Phi) is 4.98. The molecular formula is C11H10ClN5. The van der Waals surface area contributed by atoms with E-state index in [1.165, 1.54) is 0 Å². The minimum Gasteiger partial charge on any atom is -1.00 e. The van der Waals surface area contributed by atoms with Gasteiger partial charge < -0.3 is 12.4 Å². The maximum Gasteiger partial charge on any atom is 0.197 e. The highest BCUT2D eigenvalue weighted by Gasteiger charge is 2.04. The van der Waals surface area contributed by atoms with Crippen LogP contribution in [0.25, 0.3) is 11.3 Å². The molecule has 86 valence electrons. The summed E-state index contributed by atoms with van der Waals surface area (Å²) in [5.74, 6) is 0. The fourth-order valence-corrected chi connectivity index (χ4v) is 1.29. The van der Waals surface area contributed by atoms with Crippen LogP contribution < -0.4 is 17.1 Å². The van der Waals surface area contributed by atoms with Gasteiger partial charge in [0.2, 0.25) is 0 Å². The van der Waals surface area contributed by atoms with Gasteiger partial charge in [-0.25, -0.2) is 0 Å². The van der Waals surface area contributed by atoms with Crippen molar-refractivity contribution in [3.05, 3.63) is 36.8 Å². The van der Waals surface area contributed by atoms with E-state index in [1.54, 1.807) is 17.1 Å². The van der Waals surface area contributed by atoms with E-state index in [0.717, 1.165) is 11.3 Å². The van der Waals surface area contributed by atoms with Crippen molar-refractivity contribution in [2.24, 2.45) is 0 Å². The molecule has 0 aromatic carbocycles. The molecule has 2 aromatic rings. The van der Waals surface area contributed by atoms with E-state index in [2.05, 4.69) is 21.4 Å².